The third-order valence-electron chi connectivity index (χ3n) is 0.958. The minimum absolute atomic E-state index is 0.380. The highest BCUT2D eigenvalue weighted by atomic mass is 35.6. The molecule has 1 atom stereocenters. The Morgan fingerprint density at radius 1 is 1.36 bits per heavy atom. The van der Waals surface area contributed by atoms with Crippen LogP contribution >= 0.6 is 34.8 Å². The second-order valence-corrected chi connectivity index (χ2v) is 4.82. The van der Waals surface area contributed by atoms with Crippen LogP contribution in [-0.2, 0) is 9.47 Å². The van der Waals surface area contributed by atoms with Gasteiger partial charge in [-0.15, -0.1) is 0 Å². The van der Waals surface area contributed by atoms with E-state index >= 15 is 0 Å². The summed E-state index contributed by atoms with van der Waals surface area (Å²) in [6, 6.07) is 0. The smallest absolute Gasteiger partial charge is 0.431 e. The fourth-order valence-electron chi connectivity index (χ4n) is 0.399. The van der Waals surface area contributed by atoms with Crippen molar-refractivity contribution in [2.75, 3.05) is 19.8 Å². The molecule has 0 saturated carbocycles. The van der Waals surface area contributed by atoms with Crippen molar-refractivity contribution in [3.05, 3.63) is 0 Å². The van der Waals surface area contributed by atoms with Crippen LogP contribution in [0.25, 0.3) is 0 Å². The number of rotatable bonds is 4. The van der Waals surface area contributed by atoms with Crippen LogP contribution < -0.4 is 0 Å². The van der Waals surface area contributed by atoms with Gasteiger partial charge in [-0.25, -0.2) is 4.79 Å². The highest BCUT2D eigenvalue weighted by molar-refractivity contribution is 6.67. The van der Waals surface area contributed by atoms with Gasteiger partial charge in [0.05, 0.1) is 6.61 Å². The topological polar surface area (TPSA) is 76.0 Å². The maximum Gasteiger partial charge on any atom is 0.508 e. The van der Waals surface area contributed by atoms with Crippen molar-refractivity contribution in [2.45, 2.75) is 9.90 Å². The van der Waals surface area contributed by atoms with Gasteiger partial charge < -0.3 is 19.7 Å². The zero-order chi connectivity index (χ0) is 11.2. The van der Waals surface area contributed by atoms with E-state index < -0.39 is 29.3 Å². The lowest BCUT2D eigenvalue weighted by Crippen LogP contribution is -2.24. The Morgan fingerprint density at radius 3 is 2.36 bits per heavy atom. The molecule has 0 saturated heterocycles. The maximum atomic E-state index is 10.7. The summed E-state index contributed by atoms with van der Waals surface area (Å²) in [4.78, 5) is 10.7. The third kappa shape index (κ3) is 8.65. The monoisotopic (exact) mass is 266 g/mol. The molecule has 0 radical (unpaired) electrons. The van der Waals surface area contributed by atoms with Gasteiger partial charge in [-0.1, -0.05) is 34.8 Å². The van der Waals surface area contributed by atoms with Gasteiger partial charge >= 0.3 is 6.16 Å². The molecule has 5 nitrogen and oxygen atoms in total. The summed E-state index contributed by atoms with van der Waals surface area (Å²) >= 11 is 15.8. The summed E-state index contributed by atoms with van der Waals surface area (Å²) in [7, 11) is 0. The van der Waals surface area contributed by atoms with Crippen LogP contribution in [0, 0.1) is 0 Å². The molecule has 0 spiro atoms. The molecule has 14 heavy (non-hydrogen) atoms. The molecule has 0 fully saturated rings. The van der Waals surface area contributed by atoms with Crippen LogP contribution in [0.3, 0.4) is 0 Å². The van der Waals surface area contributed by atoms with E-state index in [1.807, 2.05) is 0 Å². The van der Waals surface area contributed by atoms with Crippen LogP contribution in [0.4, 0.5) is 4.79 Å². The first-order valence-electron chi connectivity index (χ1n) is 3.50. The highest BCUT2D eigenvalue weighted by Gasteiger charge is 2.22. The molecule has 8 heteroatoms. The van der Waals surface area contributed by atoms with E-state index in [0.29, 0.717) is 0 Å². The first-order valence-corrected chi connectivity index (χ1v) is 4.64. The molecule has 84 valence electrons. The summed E-state index contributed by atoms with van der Waals surface area (Å²) in [6.07, 6.45) is -2.22. The average Bonchev–Trinajstić information content (AvgIpc) is 2.09. The molecule has 0 aromatic rings. The summed E-state index contributed by atoms with van der Waals surface area (Å²) in [5.41, 5.74) is 0. The lowest BCUT2D eigenvalue weighted by Gasteiger charge is -2.12. The van der Waals surface area contributed by atoms with E-state index in [0.717, 1.165) is 0 Å². The number of hydrogen-bond acceptors (Lipinski definition) is 5. The zero-order valence-corrected chi connectivity index (χ0v) is 9.22. The number of carbonyl (C=O) groups is 1. The fourth-order valence-corrected chi connectivity index (χ4v) is 0.563. The quantitative estimate of drug-likeness (QED) is 0.584. The Morgan fingerprint density at radius 2 is 1.93 bits per heavy atom. The molecular formula is C6H9Cl3O5. The second kappa shape index (κ2) is 6.53. The predicted octanol–water partition coefficient (Wildman–Crippen LogP) is 0.863. The molecule has 0 bridgehead atoms. The standard InChI is InChI=1S/C6H9Cl3O5/c7-6(8,9)3-14-5(12)13-2-4(11)1-10/h4,10-11H,1-3H2/t4-/m0/s1. The van der Waals surface area contributed by atoms with Crippen LogP contribution in [0.15, 0.2) is 0 Å². The first-order chi connectivity index (χ1) is 6.35. The molecule has 0 aromatic carbocycles. The van der Waals surface area contributed by atoms with Gasteiger partial charge in [-0.2, -0.15) is 0 Å². The molecule has 0 aliphatic rings. The molecule has 0 unspecified atom stereocenters. The van der Waals surface area contributed by atoms with E-state index in [9.17, 15) is 4.79 Å². The van der Waals surface area contributed by atoms with Crippen molar-refractivity contribution in [3.8, 4) is 0 Å². The number of aliphatic hydroxyl groups is 2. The van der Waals surface area contributed by atoms with Crippen molar-refractivity contribution >= 4 is 41.0 Å². The van der Waals surface area contributed by atoms with Crippen molar-refractivity contribution < 1.29 is 24.5 Å². The van der Waals surface area contributed by atoms with E-state index in [1.165, 1.54) is 0 Å². The van der Waals surface area contributed by atoms with Gasteiger partial charge in [0.15, 0.2) is 0 Å². The maximum absolute atomic E-state index is 10.7. The van der Waals surface area contributed by atoms with E-state index in [4.69, 9.17) is 45.0 Å². The van der Waals surface area contributed by atoms with Crippen LogP contribution in [0.2, 0.25) is 0 Å². The van der Waals surface area contributed by atoms with E-state index in [1.54, 1.807) is 0 Å². The minimum Gasteiger partial charge on any atom is -0.431 e. The molecule has 0 amide bonds. The van der Waals surface area contributed by atoms with Gasteiger partial charge in [0.1, 0.15) is 19.3 Å². The Bertz CT molecular complexity index is 181. The number of hydrogen-bond donors (Lipinski definition) is 2. The fraction of sp³-hybridized carbons (Fsp3) is 0.833. The van der Waals surface area contributed by atoms with Crippen LogP contribution in [-0.4, -0.2) is 46.1 Å². The van der Waals surface area contributed by atoms with Crippen molar-refractivity contribution in [1.82, 2.24) is 0 Å². The van der Waals surface area contributed by atoms with Crippen LogP contribution in [0.5, 0.6) is 0 Å². The van der Waals surface area contributed by atoms with Crippen molar-refractivity contribution in [3.63, 3.8) is 0 Å². The largest absolute Gasteiger partial charge is 0.508 e. The first kappa shape index (κ1) is 14.1. The number of ether oxygens (including phenoxy) is 2. The summed E-state index contributed by atoms with van der Waals surface area (Å²) in [5, 5.41) is 17.1. The number of halogens is 3. The number of carbonyl (C=O) groups excluding carboxylic acids is 1. The van der Waals surface area contributed by atoms with Gasteiger partial charge in [-0.3, -0.25) is 0 Å². The van der Waals surface area contributed by atoms with Gasteiger partial charge in [-0.05, 0) is 0 Å². The molecular weight excluding hydrogens is 258 g/mol. The second-order valence-electron chi connectivity index (χ2n) is 2.30. The molecule has 0 heterocycles. The summed E-state index contributed by atoms with van der Waals surface area (Å²) in [5.74, 6) is 0. The predicted molar refractivity (Wildman–Crippen MR) is 50.7 cm³/mol. The van der Waals surface area contributed by atoms with Crippen LogP contribution in [0.1, 0.15) is 0 Å². The van der Waals surface area contributed by atoms with Gasteiger partial charge in [0.25, 0.3) is 0 Å². The Hall–Kier alpha value is 0.0600. The van der Waals surface area contributed by atoms with Gasteiger partial charge in [0, 0.05) is 0 Å². The molecule has 0 aliphatic heterocycles. The molecule has 0 aromatic heterocycles. The third-order valence-corrected chi connectivity index (χ3v) is 1.29. The molecule has 2 N–H and O–H groups in total. The lowest BCUT2D eigenvalue weighted by atomic mass is 10.4. The number of alkyl halides is 3. The number of aliphatic hydroxyl groups excluding tert-OH is 2. The van der Waals surface area contributed by atoms with E-state index in [2.05, 4.69) is 9.47 Å². The SMILES string of the molecule is O=C(OC[C@@H](O)CO)OCC(Cl)(Cl)Cl. The zero-order valence-electron chi connectivity index (χ0n) is 6.95. The molecule has 0 aliphatic carbocycles. The van der Waals surface area contributed by atoms with Crippen molar-refractivity contribution in [2.24, 2.45) is 0 Å². The Labute approximate surface area is 95.5 Å². The summed E-state index contributed by atoms with van der Waals surface area (Å²) in [6.45, 7) is -1.35. The summed E-state index contributed by atoms with van der Waals surface area (Å²) < 4.78 is 6.99. The van der Waals surface area contributed by atoms with E-state index in [-0.39, 0.29) is 6.61 Å². The Kier molecular flexibility index (Phi) is 6.55. The lowest BCUT2D eigenvalue weighted by molar-refractivity contribution is 0.00135. The Balaban J connectivity index is 3.57. The highest BCUT2D eigenvalue weighted by Crippen LogP contribution is 2.25. The average molecular weight is 267 g/mol. The normalized spacial score (nSPS) is 13.5. The van der Waals surface area contributed by atoms with Crippen molar-refractivity contribution in [1.29, 1.82) is 0 Å². The van der Waals surface area contributed by atoms with Gasteiger partial charge in [0.2, 0.25) is 3.79 Å². The minimum atomic E-state index is -1.70. The molecule has 0 rings (SSSR count).